The van der Waals surface area contributed by atoms with E-state index < -0.39 is 0 Å². The highest BCUT2D eigenvalue weighted by atomic mass is 32.1. The van der Waals surface area contributed by atoms with Crippen LogP contribution in [-0.2, 0) is 13.0 Å². The zero-order valence-corrected chi connectivity index (χ0v) is 19.3. The predicted molar refractivity (Wildman–Crippen MR) is 130 cm³/mol. The number of benzene rings is 1. The van der Waals surface area contributed by atoms with E-state index in [1.54, 1.807) is 17.5 Å². The van der Waals surface area contributed by atoms with E-state index in [1.807, 2.05) is 18.2 Å². The number of rotatable bonds is 8. The molecule has 1 amide bonds. The summed E-state index contributed by atoms with van der Waals surface area (Å²) in [5, 5.41) is 4.42. The summed E-state index contributed by atoms with van der Waals surface area (Å²) in [6.45, 7) is 3.24. The van der Waals surface area contributed by atoms with Crippen molar-refractivity contribution in [3.63, 3.8) is 0 Å². The van der Waals surface area contributed by atoms with Crippen molar-refractivity contribution in [2.24, 2.45) is 5.92 Å². The maximum Gasteiger partial charge on any atom is 0.272 e. The number of carbonyl (C=O) groups is 1. The Hall–Kier alpha value is -2.50. The van der Waals surface area contributed by atoms with E-state index in [0.29, 0.717) is 17.7 Å². The molecule has 32 heavy (non-hydrogen) atoms. The van der Waals surface area contributed by atoms with Gasteiger partial charge in [-0.25, -0.2) is 0 Å². The number of likely N-dealkylation sites (tertiary alicyclic amines) is 1. The fourth-order valence-electron chi connectivity index (χ4n) is 5.05. The highest BCUT2D eigenvalue weighted by molar-refractivity contribution is 7.07. The van der Waals surface area contributed by atoms with Crippen molar-refractivity contribution in [1.29, 1.82) is 0 Å². The van der Waals surface area contributed by atoms with Crippen LogP contribution in [0.15, 0.2) is 71.6 Å². The largest absolute Gasteiger partial charge is 0.331 e. The molecule has 1 aromatic carbocycles. The van der Waals surface area contributed by atoms with Crippen LogP contribution in [0.2, 0.25) is 0 Å². The van der Waals surface area contributed by atoms with E-state index in [0.717, 1.165) is 51.7 Å². The summed E-state index contributed by atoms with van der Waals surface area (Å²) < 4.78 is 0. The number of hydrogen-bond acceptors (Lipinski definition) is 4. The number of piperidine rings is 1. The topological polar surface area (TPSA) is 36.4 Å². The van der Waals surface area contributed by atoms with Crippen molar-refractivity contribution >= 4 is 17.2 Å². The van der Waals surface area contributed by atoms with Gasteiger partial charge < -0.3 is 4.90 Å². The Labute approximate surface area is 194 Å². The van der Waals surface area contributed by atoms with E-state index in [-0.39, 0.29) is 11.9 Å². The van der Waals surface area contributed by atoms with E-state index in [9.17, 15) is 4.79 Å². The Balaban J connectivity index is 1.36. The minimum atomic E-state index is 0.106. The van der Waals surface area contributed by atoms with Crippen molar-refractivity contribution in [2.75, 3.05) is 13.1 Å². The van der Waals surface area contributed by atoms with Gasteiger partial charge in [0.2, 0.25) is 0 Å². The molecule has 0 spiro atoms. The lowest BCUT2D eigenvalue weighted by atomic mass is 9.84. The van der Waals surface area contributed by atoms with Gasteiger partial charge in [-0.3, -0.25) is 14.7 Å². The lowest BCUT2D eigenvalue weighted by Crippen LogP contribution is -2.50. The quantitative estimate of drug-likeness (QED) is 0.474. The molecule has 0 N–H and O–H groups in total. The van der Waals surface area contributed by atoms with Gasteiger partial charge in [0.1, 0.15) is 5.69 Å². The van der Waals surface area contributed by atoms with Gasteiger partial charge in [0.25, 0.3) is 5.91 Å². The molecule has 1 saturated heterocycles. The number of hydrogen-bond donors (Lipinski definition) is 0. The third-order valence-corrected chi connectivity index (χ3v) is 7.60. The van der Waals surface area contributed by atoms with Gasteiger partial charge in [-0.2, -0.15) is 11.3 Å². The number of amides is 1. The summed E-state index contributed by atoms with van der Waals surface area (Å²) in [6.07, 6.45) is 7.15. The molecule has 3 heterocycles. The summed E-state index contributed by atoms with van der Waals surface area (Å²) in [7, 11) is 0. The Morgan fingerprint density at radius 2 is 1.78 bits per heavy atom. The highest BCUT2D eigenvalue weighted by Gasteiger charge is 2.41. The minimum Gasteiger partial charge on any atom is -0.331 e. The molecule has 2 fully saturated rings. The van der Waals surface area contributed by atoms with Gasteiger partial charge in [0.05, 0.1) is 0 Å². The maximum atomic E-state index is 13.6. The van der Waals surface area contributed by atoms with Crippen molar-refractivity contribution in [2.45, 2.75) is 50.7 Å². The van der Waals surface area contributed by atoms with E-state index in [2.05, 4.69) is 61.9 Å². The van der Waals surface area contributed by atoms with Crippen LogP contribution >= 0.6 is 11.3 Å². The van der Waals surface area contributed by atoms with Crippen LogP contribution in [0.3, 0.4) is 0 Å². The molecule has 2 aliphatic rings. The first-order valence-electron chi connectivity index (χ1n) is 11.8. The van der Waals surface area contributed by atoms with Crippen LogP contribution in [0.25, 0.3) is 0 Å². The normalized spacial score (nSPS) is 18.4. The molecule has 4 nitrogen and oxygen atoms in total. The molecule has 5 heteroatoms. The molecule has 166 valence electrons. The standard InChI is InChI=1S/C27H31N3OS/c31-27(25-8-4-5-14-28-25)30(24-9-10-24)26(18-21-6-2-1-3-7-21)23-11-15-29(16-12-23)19-22-13-17-32-20-22/h1-8,13-14,17,20,23-24,26H,9-12,15-16,18-19H2/t26-/m0/s1. The molecule has 3 aromatic rings. The number of aromatic nitrogens is 1. The van der Waals surface area contributed by atoms with Crippen molar-refractivity contribution < 1.29 is 4.79 Å². The zero-order chi connectivity index (χ0) is 21.8. The first-order valence-corrected chi connectivity index (χ1v) is 12.7. The average molecular weight is 446 g/mol. The molecular weight excluding hydrogens is 414 g/mol. The molecule has 1 aliphatic heterocycles. The minimum absolute atomic E-state index is 0.106. The second-order valence-corrected chi connectivity index (χ2v) is 9.94. The average Bonchev–Trinajstić information content (AvgIpc) is 3.55. The second kappa shape index (κ2) is 9.97. The Morgan fingerprint density at radius 1 is 1.00 bits per heavy atom. The summed E-state index contributed by atoms with van der Waals surface area (Å²) >= 11 is 1.77. The summed E-state index contributed by atoms with van der Waals surface area (Å²) in [4.78, 5) is 22.8. The van der Waals surface area contributed by atoms with E-state index >= 15 is 0 Å². The van der Waals surface area contributed by atoms with Gasteiger partial charge in [-0.15, -0.1) is 0 Å². The smallest absolute Gasteiger partial charge is 0.272 e. The SMILES string of the molecule is O=C(c1ccccn1)N(C1CC1)[C@@H](Cc1ccccc1)C1CCN(Cc2ccsc2)CC1. The first-order chi connectivity index (χ1) is 15.8. The molecule has 0 bridgehead atoms. The fraction of sp³-hybridized carbons (Fsp3) is 0.407. The van der Waals surface area contributed by atoms with Gasteiger partial charge in [-0.05, 0) is 91.2 Å². The van der Waals surface area contributed by atoms with E-state index in [1.165, 1.54) is 11.1 Å². The maximum absolute atomic E-state index is 13.6. The molecule has 1 aliphatic carbocycles. The van der Waals surface area contributed by atoms with Crippen LogP contribution in [0.4, 0.5) is 0 Å². The first kappa shape index (κ1) is 21.4. The summed E-state index contributed by atoms with van der Waals surface area (Å²) in [5.41, 5.74) is 3.31. The number of pyridine rings is 1. The Bertz CT molecular complexity index is 980. The fourth-order valence-corrected chi connectivity index (χ4v) is 5.71. The number of thiophene rings is 1. The number of nitrogens with zero attached hydrogens (tertiary/aromatic N) is 3. The highest BCUT2D eigenvalue weighted by Crippen LogP contribution is 2.36. The third-order valence-electron chi connectivity index (χ3n) is 6.87. The molecule has 0 radical (unpaired) electrons. The van der Waals surface area contributed by atoms with Crippen LogP contribution in [0.5, 0.6) is 0 Å². The Morgan fingerprint density at radius 3 is 2.44 bits per heavy atom. The van der Waals surface area contributed by atoms with Crippen LogP contribution in [-0.4, -0.2) is 45.9 Å². The monoisotopic (exact) mass is 445 g/mol. The Kier molecular flexibility index (Phi) is 6.65. The molecular formula is C27H31N3OS. The van der Waals surface area contributed by atoms with Crippen LogP contribution < -0.4 is 0 Å². The summed E-state index contributed by atoms with van der Waals surface area (Å²) in [6, 6.07) is 19.2. The summed E-state index contributed by atoms with van der Waals surface area (Å²) in [5.74, 6) is 0.622. The van der Waals surface area contributed by atoms with Crippen LogP contribution in [0, 0.1) is 5.92 Å². The van der Waals surface area contributed by atoms with Gasteiger partial charge >= 0.3 is 0 Å². The molecule has 1 atom stereocenters. The van der Waals surface area contributed by atoms with Crippen molar-refractivity contribution in [3.8, 4) is 0 Å². The van der Waals surface area contributed by atoms with Gasteiger partial charge in [-0.1, -0.05) is 36.4 Å². The number of carbonyl (C=O) groups excluding carboxylic acids is 1. The molecule has 2 aromatic heterocycles. The van der Waals surface area contributed by atoms with Crippen LogP contribution in [0.1, 0.15) is 47.3 Å². The van der Waals surface area contributed by atoms with Gasteiger partial charge in [0, 0.05) is 24.8 Å². The zero-order valence-electron chi connectivity index (χ0n) is 18.5. The lowest BCUT2D eigenvalue weighted by Gasteiger charge is -2.41. The van der Waals surface area contributed by atoms with E-state index in [4.69, 9.17) is 0 Å². The lowest BCUT2D eigenvalue weighted by molar-refractivity contribution is 0.0477. The second-order valence-electron chi connectivity index (χ2n) is 9.16. The van der Waals surface area contributed by atoms with Gasteiger partial charge in [0.15, 0.2) is 0 Å². The molecule has 1 saturated carbocycles. The molecule has 0 unspecified atom stereocenters. The van der Waals surface area contributed by atoms with Crippen molar-refractivity contribution in [1.82, 2.24) is 14.8 Å². The predicted octanol–water partition coefficient (Wildman–Crippen LogP) is 5.27. The van der Waals surface area contributed by atoms with Crippen molar-refractivity contribution in [3.05, 3.63) is 88.4 Å². The molecule has 5 rings (SSSR count). The third kappa shape index (κ3) is 5.11.